The molecule has 0 aromatic carbocycles. The molecule has 0 aromatic heterocycles. The number of piperidine rings is 1. The molecule has 3 saturated carbocycles. The lowest BCUT2D eigenvalue weighted by Crippen LogP contribution is -2.61. The van der Waals surface area contributed by atoms with Crippen molar-refractivity contribution in [1.82, 2.24) is 4.90 Å². The van der Waals surface area contributed by atoms with Crippen molar-refractivity contribution < 1.29 is 4.79 Å². The van der Waals surface area contributed by atoms with Crippen molar-refractivity contribution in [1.29, 1.82) is 0 Å². The van der Waals surface area contributed by atoms with Crippen LogP contribution in [0.15, 0.2) is 5.10 Å². The predicted octanol–water partition coefficient (Wildman–Crippen LogP) is 3.16. The molecule has 1 aliphatic heterocycles. The van der Waals surface area contributed by atoms with Crippen molar-refractivity contribution in [2.75, 3.05) is 7.05 Å². The lowest BCUT2D eigenvalue weighted by Gasteiger charge is -2.61. The van der Waals surface area contributed by atoms with E-state index in [1.807, 2.05) is 7.05 Å². The Hall–Kier alpha value is -1.06. The maximum absolute atomic E-state index is 12.2. The van der Waals surface area contributed by atoms with Gasteiger partial charge in [0.15, 0.2) is 0 Å². The second-order valence-electron chi connectivity index (χ2n) is 9.05. The third-order valence-electron chi connectivity index (χ3n) is 8.45. The molecule has 3 aliphatic carbocycles. The summed E-state index contributed by atoms with van der Waals surface area (Å²) in [6, 6.07) is 0.457. The van der Waals surface area contributed by atoms with E-state index in [9.17, 15) is 4.79 Å². The van der Waals surface area contributed by atoms with Crippen LogP contribution in [0.3, 0.4) is 0 Å². The number of nitrogens with two attached hydrogens (primary N) is 1. The molecule has 4 fully saturated rings. The summed E-state index contributed by atoms with van der Waals surface area (Å²) in [4.78, 5) is 14.2. The summed E-state index contributed by atoms with van der Waals surface area (Å²) in [5.74, 6) is 8.38. The average molecular weight is 317 g/mol. The quantitative estimate of drug-likeness (QED) is 0.551. The second-order valence-corrected chi connectivity index (χ2v) is 9.05. The second kappa shape index (κ2) is 4.97. The smallest absolute Gasteiger partial charge is 0.222 e. The number of hydrogen-bond acceptors (Lipinski definition) is 3. The average Bonchev–Trinajstić information content (AvgIpc) is 2.88. The third kappa shape index (κ3) is 1.90. The molecule has 1 saturated heterocycles. The molecule has 4 nitrogen and oxygen atoms in total. The minimum Gasteiger partial charge on any atom is -0.342 e. The number of carbonyl (C=O) groups is 1. The molecular weight excluding hydrogens is 286 g/mol. The van der Waals surface area contributed by atoms with Gasteiger partial charge in [-0.1, -0.05) is 13.8 Å². The van der Waals surface area contributed by atoms with Crippen LogP contribution in [0, 0.1) is 28.6 Å². The molecule has 0 radical (unpaired) electrons. The van der Waals surface area contributed by atoms with Gasteiger partial charge in [0.05, 0.1) is 0 Å². The number of carbonyl (C=O) groups excluding carboxylic acids is 1. The van der Waals surface area contributed by atoms with Crippen LogP contribution in [-0.2, 0) is 4.79 Å². The fourth-order valence-corrected chi connectivity index (χ4v) is 7.15. The Bertz CT molecular complexity index is 559. The first-order chi connectivity index (χ1) is 10.9. The Balaban J connectivity index is 1.66. The van der Waals surface area contributed by atoms with Gasteiger partial charge in [-0.15, -0.1) is 0 Å². The van der Waals surface area contributed by atoms with Gasteiger partial charge in [-0.3, -0.25) is 4.79 Å². The molecule has 0 unspecified atom stereocenters. The van der Waals surface area contributed by atoms with Crippen LogP contribution in [0.1, 0.15) is 65.2 Å². The van der Waals surface area contributed by atoms with Gasteiger partial charge in [0.25, 0.3) is 0 Å². The Kier molecular flexibility index (Phi) is 3.34. The van der Waals surface area contributed by atoms with Gasteiger partial charge in [-0.05, 0) is 68.1 Å². The van der Waals surface area contributed by atoms with E-state index >= 15 is 0 Å². The fourth-order valence-electron chi connectivity index (χ4n) is 7.15. The van der Waals surface area contributed by atoms with Crippen molar-refractivity contribution in [3.05, 3.63) is 0 Å². The fraction of sp³-hybridized carbons (Fsp3) is 0.895. The van der Waals surface area contributed by atoms with Crippen LogP contribution in [-0.4, -0.2) is 29.6 Å². The van der Waals surface area contributed by atoms with Crippen LogP contribution in [0.4, 0.5) is 0 Å². The van der Waals surface area contributed by atoms with E-state index in [0.29, 0.717) is 17.4 Å². The molecule has 1 heterocycles. The number of rotatable bonds is 0. The lowest BCUT2D eigenvalue weighted by atomic mass is 9.47. The summed E-state index contributed by atoms with van der Waals surface area (Å²) < 4.78 is 0. The summed E-state index contributed by atoms with van der Waals surface area (Å²) in [7, 11) is 2.03. The highest BCUT2D eigenvalue weighted by molar-refractivity contribution is 5.92. The molecule has 1 amide bonds. The zero-order valence-corrected chi connectivity index (χ0v) is 14.8. The number of amides is 1. The molecule has 2 N–H and O–H groups in total. The topological polar surface area (TPSA) is 58.7 Å². The van der Waals surface area contributed by atoms with Gasteiger partial charge in [-0.2, -0.15) is 5.10 Å². The molecule has 4 heteroatoms. The van der Waals surface area contributed by atoms with E-state index in [1.54, 1.807) is 0 Å². The zero-order chi connectivity index (χ0) is 16.4. The van der Waals surface area contributed by atoms with Gasteiger partial charge in [0.2, 0.25) is 5.91 Å². The van der Waals surface area contributed by atoms with Crippen LogP contribution in [0.2, 0.25) is 0 Å². The predicted molar refractivity (Wildman–Crippen MR) is 91.8 cm³/mol. The van der Waals surface area contributed by atoms with Gasteiger partial charge in [-0.25, -0.2) is 0 Å². The van der Waals surface area contributed by atoms with Crippen molar-refractivity contribution in [2.24, 2.45) is 39.5 Å². The lowest BCUT2D eigenvalue weighted by molar-refractivity contribution is -0.155. The number of fused-ring (bicyclic) bond motifs is 5. The third-order valence-corrected chi connectivity index (χ3v) is 8.45. The van der Waals surface area contributed by atoms with E-state index in [1.165, 1.54) is 37.8 Å². The molecular formula is C19H31N3O. The van der Waals surface area contributed by atoms with Crippen molar-refractivity contribution in [3.8, 4) is 0 Å². The molecule has 23 heavy (non-hydrogen) atoms. The monoisotopic (exact) mass is 317 g/mol. The molecule has 4 aliphatic rings. The van der Waals surface area contributed by atoms with Crippen LogP contribution in [0.25, 0.3) is 0 Å². The van der Waals surface area contributed by atoms with E-state index in [0.717, 1.165) is 37.0 Å². The standard InChI is InChI=1S/C19H31N3O/c1-18-10-8-14-12(13(18)5-6-15(18)21-20)4-7-16-19(14,2)11-9-17(23)22(16)3/h12-14,16H,4-11,20H2,1-3H3/b21-15-/t12-,13-,14-,16+,18-,19+/m0/s1. The van der Waals surface area contributed by atoms with E-state index in [2.05, 4.69) is 23.8 Å². The summed E-state index contributed by atoms with van der Waals surface area (Å²) in [6.07, 6.45) is 9.17. The van der Waals surface area contributed by atoms with E-state index < -0.39 is 0 Å². The molecule has 6 atom stereocenters. The molecule has 4 rings (SSSR count). The summed E-state index contributed by atoms with van der Waals surface area (Å²) >= 11 is 0. The van der Waals surface area contributed by atoms with E-state index in [-0.39, 0.29) is 5.41 Å². The van der Waals surface area contributed by atoms with Crippen LogP contribution >= 0.6 is 0 Å². The molecule has 0 bridgehead atoms. The SMILES string of the molecule is CN1C(=O)CC[C@]2(C)[C@H]3CC[C@]4(C)/C(=N\N)CC[C@H]4[C@@H]3CC[C@@H]12. The van der Waals surface area contributed by atoms with Crippen LogP contribution < -0.4 is 5.84 Å². The Morgan fingerprint density at radius 3 is 2.61 bits per heavy atom. The number of hydrazone groups is 1. The highest BCUT2D eigenvalue weighted by Crippen LogP contribution is 2.63. The first kappa shape index (κ1) is 15.5. The molecule has 0 spiro atoms. The minimum atomic E-state index is 0.246. The maximum atomic E-state index is 12.2. The van der Waals surface area contributed by atoms with Gasteiger partial charge < -0.3 is 10.7 Å². The van der Waals surface area contributed by atoms with Crippen molar-refractivity contribution >= 4 is 11.6 Å². The van der Waals surface area contributed by atoms with Gasteiger partial charge in [0, 0.05) is 30.6 Å². The zero-order valence-electron chi connectivity index (χ0n) is 14.8. The van der Waals surface area contributed by atoms with Crippen molar-refractivity contribution in [3.63, 3.8) is 0 Å². The Morgan fingerprint density at radius 2 is 1.87 bits per heavy atom. The number of nitrogens with zero attached hydrogens (tertiary/aromatic N) is 2. The van der Waals surface area contributed by atoms with Crippen LogP contribution in [0.5, 0.6) is 0 Å². The number of likely N-dealkylation sites (tertiary alicyclic amines) is 1. The summed E-state index contributed by atoms with van der Waals surface area (Å²) in [5, 5.41) is 4.17. The first-order valence-electron chi connectivity index (χ1n) is 9.44. The highest BCUT2D eigenvalue weighted by atomic mass is 16.2. The van der Waals surface area contributed by atoms with Gasteiger partial charge in [0.1, 0.15) is 0 Å². The maximum Gasteiger partial charge on any atom is 0.222 e. The van der Waals surface area contributed by atoms with Crippen molar-refractivity contribution in [2.45, 2.75) is 71.3 Å². The first-order valence-corrected chi connectivity index (χ1v) is 9.44. The Labute approximate surface area is 139 Å². The largest absolute Gasteiger partial charge is 0.342 e. The van der Waals surface area contributed by atoms with E-state index in [4.69, 9.17) is 5.84 Å². The highest BCUT2D eigenvalue weighted by Gasteiger charge is 2.60. The molecule has 0 aromatic rings. The van der Waals surface area contributed by atoms with Gasteiger partial charge >= 0.3 is 0 Å². The normalized spacial score (nSPS) is 51.3. The minimum absolute atomic E-state index is 0.246. The number of hydrogen-bond donors (Lipinski definition) is 1. The molecule has 128 valence electrons. The Morgan fingerprint density at radius 1 is 1.09 bits per heavy atom. The summed E-state index contributed by atoms with van der Waals surface area (Å²) in [6.45, 7) is 4.89. The summed E-state index contributed by atoms with van der Waals surface area (Å²) in [5.41, 5.74) is 1.83.